The van der Waals surface area contributed by atoms with Crippen LogP contribution in [0.5, 0.6) is 0 Å². The summed E-state index contributed by atoms with van der Waals surface area (Å²) in [7, 11) is 0. The fourth-order valence-electron chi connectivity index (χ4n) is 4.19. The van der Waals surface area contributed by atoms with E-state index in [1.54, 1.807) is 25.1 Å². The molecule has 2 aliphatic heterocycles. The third kappa shape index (κ3) is 5.61. The number of halogens is 2. The Morgan fingerprint density at radius 2 is 1.76 bits per heavy atom. The van der Waals surface area contributed by atoms with Crippen molar-refractivity contribution in [1.82, 2.24) is 15.5 Å². The van der Waals surface area contributed by atoms with Gasteiger partial charge in [-0.15, -0.1) is 0 Å². The molecule has 0 radical (unpaired) electrons. The molecular weight excluding hydrogens is 463 g/mol. The van der Waals surface area contributed by atoms with E-state index in [1.807, 2.05) is 30.3 Å². The number of nitrogens with zero attached hydrogens (tertiary/aromatic N) is 2. The maximum atomic E-state index is 13.0. The molecule has 1 fully saturated rings. The van der Waals surface area contributed by atoms with Gasteiger partial charge in [-0.3, -0.25) is 4.90 Å². The summed E-state index contributed by atoms with van der Waals surface area (Å²) in [5, 5.41) is 6.93. The standard InChI is InChI=1S/C24H26Cl2N4O3/c1-2-33-23(31)21-20(27-24(32)28-22(21)16-5-3-6-17(25)13-16)15-29-9-11-30(12-10-29)19-8-4-7-18(26)14-19/h3-8,13-14,22H,2,9-12,15H2,1H3,(H2,27,28,32)/t22-/m1/s1. The van der Waals surface area contributed by atoms with Crippen molar-refractivity contribution in [2.75, 3.05) is 44.2 Å². The van der Waals surface area contributed by atoms with Crippen molar-refractivity contribution in [3.63, 3.8) is 0 Å². The number of benzene rings is 2. The van der Waals surface area contributed by atoms with Crippen LogP contribution in [-0.4, -0.2) is 56.2 Å². The molecule has 7 nitrogen and oxygen atoms in total. The first-order chi connectivity index (χ1) is 15.9. The SMILES string of the molecule is CCOC(=O)C1=C(CN2CCN(c3cccc(Cl)c3)CC2)NC(=O)N[C@@H]1c1cccc(Cl)c1. The molecule has 1 atom stereocenters. The second kappa shape index (κ2) is 10.5. The van der Waals surface area contributed by atoms with Crippen LogP contribution in [0.2, 0.25) is 10.0 Å². The number of esters is 1. The van der Waals surface area contributed by atoms with Gasteiger partial charge in [0.15, 0.2) is 0 Å². The summed E-state index contributed by atoms with van der Waals surface area (Å²) in [6.07, 6.45) is 0. The largest absolute Gasteiger partial charge is 0.463 e. The maximum absolute atomic E-state index is 13.0. The lowest BCUT2D eigenvalue weighted by atomic mass is 9.95. The van der Waals surface area contributed by atoms with E-state index in [-0.39, 0.29) is 12.6 Å². The van der Waals surface area contributed by atoms with Crippen LogP contribution in [0.4, 0.5) is 10.5 Å². The minimum absolute atomic E-state index is 0.240. The van der Waals surface area contributed by atoms with Gasteiger partial charge in [-0.05, 0) is 42.8 Å². The smallest absolute Gasteiger partial charge is 0.338 e. The number of nitrogens with one attached hydrogen (secondary N) is 2. The fourth-order valence-corrected chi connectivity index (χ4v) is 4.57. The molecule has 2 aromatic rings. The molecule has 33 heavy (non-hydrogen) atoms. The molecule has 0 spiro atoms. The molecule has 0 bridgehead atoms. The van der Waals surface area contributed by atoms with Crippen LogP contribution in [0, 0.1) is 0 Å². The van der Waals surface area contributed by atoms with Gasteiger partial charge in [0.1, 0.15) is 0 Å². The molecule has 2 N–H and O–H groups in total. The van der Waals surface area contributed by atoms with Gasteiger partial charge >= 0.3 is 12.0 Å². The maximum Gasteiger partial charge on any atom is 0.338 e. The minimum Gasteiger partial charge on any atom is -0.463 e. The lowest BCUT2D eigenvalue weighted by molar-refractivity contribution is -0.139. The lowest BCUT2D eigenvalue weighted by Crippen LogP contribution is -2.51. The Hall–Kier alpha value is -2.74. The van der Waals surface area contributed by atoms with E-state index in [0.717, 1.165) is 37.4 Å². The zero-order valence-corrected chi connectivity index (χ0v) is 19.8. The molecule has 0 aliphatic carbocycles. The molecule has 4 rings (SSSR count). The highest BCUT2D eigenvalue weighted by Crippen LogP contribution is 2.30. The summed E-state index contributed by atoms with van der Waals surface area (Å²) in [4.78, 5) is 29.9. The molecule has 174 valence electrons. The number of rotatable bonds is 6. The normalized spacial score (nSPS) is 19.2. The Morgan fingerprint density at radius 3 is 2.42 bits per heavy atom. The number of urea groups is 1. The third-order valence-electron chi connectivity index (χ3n) is 5.76. The molecule has 1 saturated heterocycles. The number of anilines is 1. The third-order valence-corrected chi connectivity index (χ3v) is 6.23. The molecule has 2 heterocycles. The first-order valence-corrected chi connectivity index (χ1v) is 11.7. The Balaban J connectivity index is 1.56. The quantitative estimate of drug-likeness (QED) is 0.601. The van der Waals surface area contributed by atoms with E-state index >= 15 is 0 Å². The van der Waals surface area contributed by atoms with Crippen molar-refractivity contribution in [2.24, 2.45) is 0 Å². The summed E-state index contributed by atoms with van der Waals surface area (Å²) >= 11 is 12.3. The summed E-state index contributed by atoms with van der Waals surface area (Å²) in [5.41, 5.74) is 2.77. The highest BCUT2D eigenvalue weighted by molar-refractivity contribution is 6.31. The number of hydrogen-bond donors (Lipinski definition) is 2. The highest BCUT2D eigenvalue weighted by atomic mass is 35.5. The van der Waals surface area contributed by atoms with Crippen molar-refractivity contribution in [2.45, 2.75) is 13.0 Å². The Morgan fingerprint density at radius 1 is 1.06 bits per heavy atom. The van der Waals surface area contributed by atoms with Crippen LogP contribution in [0.3, 0.4) is 0 Å². The van der Waals surface area contributed by atoms with Gasteiger partial charge < -0.3 is 20.3 Å². The Bertz CT molecular complexity index is 1070. The Labute approximate surface area is 203 Å². The van der Waals surface area contributed by atoms with Crippen molar-refractivity contribution >= 4 is 40.9 Å². The van der Waals surface area contributed by atoms with Gasteiger partial charge in [0.05, 0.1) is 18.2 Å². The molecule has 0 saturated carbocycles. The van der Waals surface area contributed by atoms with Gasteiger partial charge in [0, 0.05) is 54.2 Å². The zero-order valence-electron chi connectivity index (χ0n) is 18.3. The monoisotopic (exact) mass is 488 g/mol. The van der Waals surface area contributed by atoms with Crippen LogP contribution in [0.25, 0.3) is 0 Å². The first-order valence-electron chi connectivity index (χ1n) is 10.9. The predicted molar refractivity (Wildman–Crippen MR) is 130 cm³/mol. The second-order valence-corrected chi connectivity index (χ2v) is 8.82. The molecule has 2 aliphatic rings. The number of ether oxygens (including phenoxy) is 1. The van der Waals surface area contributed by atoms with E-state index in [1.165, 1.54) is 0 Å². The average Bonchev–Trinajstić information content (AvgIpc) is 2.79. The molecule has 0 unspecified atom stereocenters. The topological polar surface area (TPSA) is 73.9 Å². The molecule has 2 aromatic carbocycles. The van der Waals surface area contributed by atoms with E-state index < -0.39 is 12.0 Å². The van der Waals surface area contributed by atoms with E-state index in [0.29, 0.717) is 27.9 Å². The van der Waals surface area contributed by atoms with Crippen LogP contribution in [0.1, 0.15) is 18.5 Å². The van der Waals surface area contributed by atoms with Crippen LogP contribution in [0.15, 0.2) is 59.8 Å². The lowest BCUT2D eigenvalue weighted by Gasteiger charge is -2.38. The fraction of sp³-hybridized carbons (Fsp3) is 0.333. The van der Waals surface area contributed by atoms with Gasteiger partial charge in [0.25, 0.3) is 0 Å². The van der Waals surface area contributed by atoms with Crippen LogP contribution in [-0.2, 0) is 9.53 Å². The van der Waals surface area contributed by atoms with Crippen molar-refractivity contribution in [1.29, 1.82) is 0 Å². The highest BCUT2D eigenvalue weighted by Gasteiger charge is 2.34. The molecular formula is C24H26Cl2N4O3. The Kier molecular flexibility index (Phi) is 7.42. The molecule has 9 heteroatoms. The zero-order chi connectivity index (χ0) is 23.4. The summed E-state index contributed by atoms with van der Waals surface area (Å²) < 4.78 is 5.34. The minimum atomic E-state index is -0.640. The second-order valence-electron chi connectivity index (χ2n) is 7.94. The van der Waals surface area contributed by atoms with Crippen LogP contribution < -0.4 is 15.5 Å². The number of hydrogen-bond acceptors (Lipinski definition) is 5. The number of amides is 2. The molecule has 2 amide bonds. The number of carbonyl (C=O) groups is 2. The van der Waals surface area contributed by atoms with Gasteiger partial charge in [0.2, 0.25) is 0 Å². The van der Waals surface area contributed by atoms with Crippen molar-refractivity contribution in [3.8, 4) is 0 Å². The average molecular weight is 489 g/mol. The van der Waals surface area contributed by atoms with Crippen LogP contribution >= 0.6 is 23.2 Å². The van der Waals surface area contributed by atoms with Crippen molar-refractivity contribution in [3.05, 3.63) is 75.4 Å². The van der Waals surface area contributed by atoms with Gasteiger partial charge in [-0.2, -0.15) is 0 Å². The van der Waals surface area contributed by atoms with Gasteiger partial charge in [-0.1, -0.05) is 41.4 Å². The number of piperazine rings is 1. The number of carbonyl (C=O) groups excluding carboxylic acids is 2. The first kappa shape index (κ1) is 23.4. The van der Waals surface area contributed by atoms with Gasteiger partial charge in [-0.25, -0.2) is 9.59 Å². The summed E-state index contributed by atoms with van der Waals surface area (Å²) in [6.45, 7) is 5.61. The molecule has 0 aromatic heterocycles. The van der Waals surface area contributed by atoms with E-state index in [4.69, 9.17) is 27.9 Å². The van der Waals surface area contributed by atoms with E-state index in [2.05, 4.69) is 20.4 Å². The van der Waals surface area contributed by atoms with E-state index in [9.17, 15) is 9.59 Å². The van der Waals surface area contributed by atoms with Crippen molar-refractivity contribution < 1.29 is 14.3 Å². The summed E-state index contributed by atoms with van der Waals surface area (Å²) in [5.74, 6) is -0.456. The predicted octanol–water partition coefficient (Wildman–Crippen LogP) is 3.99. The summed E-state index contributed by atoms with van der Waals surface area (Å²) in [6, 6.07) is 13.9.